The largest absolute Gasteiger partial charge is 0.468 e. The minimum absolute atomic E-state index is 0.00769. The van der Waals surface area contributed by atoms with E-state index in [-0.39, 0.29) is 31.0 Å². The van der Waals surface area contributed by atoms with Gasteiger partial charge in [-0.1, -0.05) is 48.5 Å². The van der Waals surface area contributed by atoms with Crippen molar-refractivity contribution in [2.24, 2.45) is 16.3 Å². The fourth-order valence-electron chi connectivity index (χ4n) is 5.47. The highest BCUT2D eigenvalue weighted by Gasteiger charge is 2.67. The number of aliphatic imine (C=N–C) groups is 1. The van der Waals surface area contributed by atoms with Crippen LogP contribution >= 0.6 is 0 Å². The molecule has 31 heavy (non-hydrogen) atoms. The maximum absolute atomic E-state index is 13.0. The lowest BCUT2D eigenvalue weighted by atomic mass is 9.66. The minimum atomic E-state index is -1.50. The van der Waals surface area contributed by atoms with Crippen LogP contribution in [-0.4, -0.2) is 37.7 Å². The second-order valence-electron chi connectivity index (χ2n) is 8.36. The molecule has 160 valence electrons. The van der Waals surface area contributed by atoms with E-state index >= 15 is 0 Å². The van der Waals surface area contributed by atoms with Gasteiger partial charge in [-0.05, 0) is 42.9 Å². The molecule has 6 heteroatoms. The van der Waals surface area contributed by atoms with E-state index in [2.05, 4.69) is 0 Å². The number of methoxy groups -OCH3 is 2. The van der Waals surface area contributed by atoms with Crippen LogP contribution in [0.3, 0.4) is 0 Å². The Morgan fingerprint density at radius 3 is 2.19 bits per heavy atom. The minimum Gasteiger partial charge on any atom is -0.468 e. The van der Waals surface area contributed by atoms with Crippen LogP contribution in [0.25, 0.3) is 0 Å². The summed E-state index contributed by atoms with van der Waals surface area (Å²) < 4.78 is 10.2. The molecule has 1 fully saturated rings. The first-order valence-electron chi connectivity index (χ1n) is 10.3. The quantitative estimate of drug-likeness (QED) is 0.544. The van der Waals surface area contributed by atoms with E-state index in [1.54, 1.807) is 0 Å². The van der Waals surface area contributed by atoms with Gasteiger partial charge in [-0.15, -0.1) is 0 Å². The van der Waals surface area contributed by atoms with Gasteiger partial charge in [0.1, 0.15) is 5.78 Å². The Hall–Kier alpha value is -3.28. The third-order valence-electron chi connectivity index (χ3n) is 6.65. The van der Waals surface area contributed by atoms with Gasteiger partial charge < -0.3 is 14.3 Å². The Morgan fingerprint density at radius 1 is 0.968 bits per heavy atom. The fraction of sp³-hybridized carbons (Fsp3) is 0.360. The smallest absolute Gasteiger partial charge is 0.323 e. The molecule has 6 nitrogen and oxygen atoms in total. The molecule has 1 saturated carbocycles. The van der Waals surface area contributed by atoms with Gasteiger partial charge in [0, 0.05) is 11.8 Å². The van der Waals surface area contributed by atoms with Gasteiger partial charge in [-0.3, -0.25) is 14.6 Å². The Balaban J connectivity index is 1.99. The zero-order valence-corrected chi connectivity index (χ0v) is 17.9. The number of hydrogen-bond acceptors (Lipinski definition) is 6. The summed E-state index contributed by atoms with van der Waals surface area (Å²) in [7, 11) is 2.54. The van der Waals surface area contributed by atoms with Gasteiger partial charge in [-0.25, -0.2) is 0 Å². The van der Waals surface area contributed by atoms with Crippen molar-refractivity contribution >= 4 is 29.1 Å². The zero-order valence-electron chi connectivity index (χ0n) is 17.9. The number of benzene rings is 2. The number of ether oxygens (including phenoxy) is 2. The molecule has 0 aromatic heterocycles. The Kier molecular flexibility index (Phi) is 5.25. The lowest BCUT2D eigenvalue weighted by molar-refractivity contribution is -0.169. The van der Waals surface area contributed by atoms with Crippen LogP contribution in [-0.2, 0) is 29.3 Å². The van der Waals surface area contributed by atoms with Crippen molar-refractivity contribution < 1.29 is 23.9 Å². The maximum atomic E-state index is 13.0. The van der Waals surface area contributed by atoms with Gasteiger partial charge in [0.05, 0.1) is 25.6 Å². The third-order valence-corrected chi connectivity index (χ3v) is 6.65. The second-order valence-corrected chi connectivity index (χ2v) is 8.36. The van der Waals surface area contributed by atoms with Gasteiger partial charge in [0.25, 0.3) is 0 Å². The van der Waals surface area contributed by atoms with Crippen LogP contribution in [0.4, 0.5) is 5.69 Å². The number of ketones is 1. The molecule has 0 bridgehead atoms. The summed E-state index contributed by atoms with van der Waals surface area (Å²) >= 11 is 0. The maximum Gasteiger partial charge on any atom is 0.323 e. The molecule has 2 aromatic carbocycles. The Labute approximate surface area is 181 Å². The van der Waals surface area contributed by atoms with Crippen molar-refractivity contribution in [2.75, 3.05) is 14.2 Å². The highest BCUT2D eigenvalue weighted by molar-refractivity contribution is 6.15. The standard InChI is InChI=1S/C25H25NO5/c1-16(27)13-18-14-24(22(28)30-2,23(29)31-3)15-25(18)19-11-7-8-12-20(19)26-21(25)17-9-5-4-6-10-17/h4-12,18H,13-15H2,1-3H3/t18-,25-/m0/s1. The van der Waals surface area contributed by atoms with Gasteiger partial charge in [0.15, 0.2) is 5.41 Å². The number of esters is 2. The number of rotatable bonds is 5. The average Bonchev–Trinajstić information content (AvgIpc) is 3.30. The van der Waals surface area contributed by atoms with Crippen LogP contribution in [0.15, 0.2) is 59.6 Å². The first-order chi connectivity index (χ1) is 14.9. The van der Waals surface area contributed by atoms with Crippen molar-refractivity contribution in [2.45, 2.75) is 31.6 Å². The number of Topliss-reactive ketones (excluding diaryl/α,β-unsaturated/α-hetero) is 1. The molecule has 1 heterocycles. The summed E-state index contributed by atoms with van der Waals surface area (Å²) in [6, 6.07) is 17.4. The number of nitrogens with zero attached hydrogens (tertiary/aromatic N) is 1. The number of hydrogen-bond donors (Lipinski definition) is 0. The summed E-state index contributed by atoms with van der Waals surface area (Å²) in [5, 5.41) is 0. The normalized spacial score (nSPS) is 23.2. The molecule has 2 aliphatic rings. The predicted molar refractivity (Wildman–Crippen MR) is 115 cm³/mol. The molecule has 0 unspecified atom stereocenters. The van der Waals surface area contributed by atoms with Crippen LogP contribution in [0.1, 0.15) is 37.3 Å². The van der Waals surface area contributed by atoms with E-state index in [1.165, 1.54) is 21.1 Å². The van der Waals surface area contributed by atoms with Crippen molar-refractivity contribution in [1.82, 2.24) is 0 Å². The number of para-hydroxylation sites is 1. The second kappa shape index (κ2) is 7.76. The predicted octanol–water partition coefficient (Wildman–Crippen LogP) is 3.78. The lowest BCUT2D eigenvalue weighted by Gasteiger charge is -2.34. The molecule has 4 rings (SSSR count). The van der Waals surface area contributed by atoms with E-state index < -0.39 is 22.8 Å². The fourth-order valence-corrected chi connectivity index (χ4v) is 5.47. The monoisotopic (exact) mass is 419 g/mol. The first kappa shape index (κ1) is 21.0. The third kappa shape index (κ3) is 3.09. The highest BCUT2D eigenvalue weighted by atomic mass is 16.5. The lowest BCUT2D eigenvalue weighted by Crippen LogP contribution is -2.43. The molecule has 0 saturated heterocycles. The average molecular weight is 419 g/mol. The molecule has 0 radical (unpaired) electrons. The van der Waals surface area contributed by atoms with Crippen LogP contribution in [0.5, 0.6) is 0 Å². The van der Waals surface area contributed by atoms with Crippen molar-refractivity contribution in [3.63, 3.8) is 0 Å². The van der Waals surface area contributed by atoms with Gasteiger partial charge >= 0.3 is 11.9 Å². The van der Waals surface area contributed by atoms with E-state index in [1.807, 2.05) is 54.6 Å². The molecule has 1 aliphatic heterocycles. The molecule has 2 atom stereocenters. The van der Waals surface area contributed by atoms with Crippen LogP contribution in [0, 0.1) is 11.3 Å². The summed E-state index contributed by atoms with van der Waals surface area (Å²) in [5.74, 6) is -1.60. The van der Waals surface area contributed by atoms with E-state index in [9.17, 15) is 14.4 Å². The molecule has 1 spiro atoms. The summed E-state index contributed by atoms with van der Waals surface area (Å²) in [4.78, 5) is 43.3. The molecular weight excluding hydrogens is 394 g/mol. The van der Waals surface area contributed by atoms with Crippen LogP contribution in [0.2, 0.25) is 0 Å². The Morgan fingerprint density at radius 2 is 1.58 bits per heavy atom. The van der Waals surface area contributed by atoms with Crippen molar-refractivity contribution in [3.8, 4) is 0 Å². The van der Waals surface area contributed by atoms with E-state index in [4.69, 9.17) is 14.5 Å². The highest BCUT2D eigenvalue weighted by Crippen LogP contribution is 2.62. The van der Waals surface area contributed by atoms with Crippen molar-refractivity contribution in [1.29, 1.82) is 0 Å². The molecule has 0 N–H and O–H groups in total. The van der Waals surface area contributed by atoms with Crippen molar-refractivity contribution in [3.05, 3.63) is 65.7 Å². The Bertz CT molecular complexity index is 1060. The van der Waals surface area contributed by atoms with E-state index in [0.29, 0.717) is 0 Å². The molecule has 1 aliphatic carbocycles. The SMILES string of the molecule is COC(=O)C1(C(=O)OC)C[C@H](CC(C)=O)[C@]2(C1)C(c1ccccc1)=Nc1ccccc12. The number of fused-ring (bicyclic) bond motifs is 2. The molecule has 0 amide bonds. The number of carbonyl (C=O) groups is 3. The first-order valence-corrected chi connectivity index (χ1v) is 10.3. The van der Waals surface area contributed by atoms with Crippen LogP contribution < -0.4 is 0 Å². The van der Waals surface area contributed by atoms with Gasteiger partial charge in [-0.2, -0.15) is 0 Å². The van der Waals surface area contributed by atoms with E-state index in [0.717, 1.165) is 22.5 Å². The topological polar surface area (TPSA) is 82.0 Å². The summed E-state index contributed by atoms with van der Waals surface area (Å²) in [5.41, 5.74) is 1.10. The molecular formula is C25H25NO5. The summed E-state index contributed by atoms with van der Waals surface area (Å²) in [6.45, 7) is 1.53. The molecule has 2 aromatic rings. The number of carbonyl (C=O) groups excluding carboxylic acids is 3. The summed E-state index contributed by atoms with van der Waals surface area (Å²) in [6.07, 6.45) is 0.518. The zero-order chi connectivity index (χ0) is 22.2. The van der Waals surface area contributed by atoms with Gasteiger partial charge in [0.2, 0.25) is 0 Å².